The molecule has 0 spiro atoms. The van der Waals surface area contributed by atoms with Gasteiger partial charge in [-0.05, 0) is 23.8 Å². The average Bonchev–Trinajstić information content (AvgIpc) is 2.63. The monoisotopic (exact) mass is 379 g/mol. The summed E-state index contributed by atoms with van der Waals surface area (Å²) in [5.74, 6) is 0. The van der Waals surface area contributed by atoms with Gasteiger partial charge in [-0.15, -0.1) is 0 Å². The van der Waals surface area contributed by atoms with Crippen LogP contribution in [0.2, 0.25) is 0 Å². The fourth-order valence-electron chi connectivity index (χ4n) is 2.58. The third-order valence-electron chi connectivity index (χ3n) is 4.01. The molecule has 1 aromatic heterocycles. The van der Waals surface area contributed by atoms with Gasteiger partial charge < -0.3 is 5.11 Å². The van der Waals surface area contributed by atoms with Gasteiger partial charge in [0.25, 0.3) is 11.2 Å². The van der Waals surface area contributed by atoms with Gasteiger partial charge in [-0.3, -0.25) is 19.5 Å². The van der Waals surface area contributed by atoms with Crippen molar-refractivity contribution in [2.45, 2.75) is 18.8 Å². The number of nitro benzene ring substituents is 1. The molecular formula is C17H12F3N3O4. The Labute approximate surface area is 149 Å². The lowest BCUT2D eigenvalue weighted by Gasteiger charge is -2.14. The number of aliphatic hydroxyl groups excluding tert-OH is 1. The molecule has 27 heavy (non-hydrogen) atoms. The topological polar surface area (TPSA) is 98.3 Å². The summed E-state index contributed by atoms with van der Waals surface area (Å²) in [7, 11) is 0. The van der Waals surface area contributed by atoms with Crippen molar-refractivity contribution in [3.05, 3.63) is 80.4 Å². The van der Waals surface area contributed by atoms with Gasteiger partial charge in [0, 0.05) is 12.1 Å². The van der Waals surface area contributed by atoms with Crippen LogP contribution in [0.1, 0.15) is 17.2 Å². The predicted molar refractivity (Wildman–Crippen MR) is 89.1 cm³/mol. The molecule has 7 nitrogen and oxygen atoms in total. The normalized spacial score (nSPS) is 12.9. The van der Waals surface area contributed by atoms with Gasteiger partial charge in [-0.1, -0.05) is 12.1 Å². The average molecular weight is 379 g/mol. The van der Waals surface area contributed by atoms with Crippen molar-refractivity contribution in [1.82, 2.24) is 9.55 Å². The molecule has 0 saturated heterocycles. The van der Waals surface area contributed by atoms with Crippen molar-refractivity contribution in [3.8, 4) is 0 Å². The first-order valence-corrected chi connectivity index (χ1v) is 7.65. The van der Waals surface area contributed by atoms with Crippen LogP contribution in [0, 0.1) is 10.1 Å². The zero-order valence-electron chi connectivity index (χ0n) is 13.6. The molecule has 0 amide bonds. The molecule has 2 aromatic carbocycles. The molecule has 0 aliphatic carbocycles. The van der Waals surface area contributed by atoms with Crippen LogP contribution in [0.3, 0.4) is 0 Å². The maximum atomic E-state index is 12.6. The highest BCUT2D eigenvalue weighted by Gasteiger charge is 2.30. The van der Waals surface area contributed by atoms with E-state index in [4.69, 9.17) is 0 Å². The number of benzene rings is 2. The van der Waals surface area contributed by atoms with Crippen molar-refractivity contribution in [1.29, 1.82) is 0 Å². The number of nitro groups is 1. The Kier molecular flexibility index (Phi) is 4.66. The smallest absolute Gasteiger partial charge is 0.387 e. The minimum absolute atomic E-state index is 0.00585. The standard InChI is InChI=1S/C17H12F3N3O4/c18-17(19,20)11-3-1-10(2-4-11)15(24)8-22-9-21-14-6-5-12(23(26)27)7-13(14)16(22)25/h1-7,9,15,24H,8H2. The molecule has 10 heteroatoms. The van der Waals surface area contributed by atoms with Crippen LogP contribution in [0.15, 0.2) is 53.6 Å². The molecule has 0 aliphatic heterocycles. The first kappa shape index (κ1) is 18.5. The van der Waals surface area contributed by atoms with Crippen LogP contribution in [-0.2, 0) is 12.7 Å². The largest absolute Gasteiger partial charge is 0.416 e. The third kappa shape index (κ3) is 3.80. The summed E-state index contributed by atoms with van der Waals surface area (Å²) in [6.45, 7) is -0.268. The fourth-order valence-corrected chi connectivity index (χ4v) is 2.58. The molecular weight excluding hydrogens is 367 g/mol. The Bertz CT molecular complexity index is 1060. The van der Waals surface area contributed by atoms with E-state index in [0.717, 1.165) is 34.9 Å². The van der Waals surface area contributed by atoms with Crippen LogP contribution < -0.4 is 5.56 Å². The number of hydrogen-bond donors (Lipinski definition) is 1. The lowest BCUT2D eigenvalue weighted by Crippen LogP contribution is -2.24. The predicted octanol–water partition coefficient (Wildman–Crippen LogP) is 3.06. The van der Waals surface area contributed by atoms with E-state index in [2.05, 4.69) is 4.98 Å². The molecule has 140 valence electrons. The number of rotatable bonds is 4. The summed E-state index contributed by atoms with van der Waals surface area (Å²) in [6, 6.07) is 7.57. The van der Waals surface area contributed by atoms with Crippen molar-refractivity contribution in [3.63, 3.8) is 0 Å². The number of aromatic nitrogens is 2. The van der Waals surface area contributed by atoms with E-state index in [1.807, 2.05) is 0 Å². The van der Waals surface area contributed by atoms with Crippen molar-refractivity contribution in [2.24, 2.45) is 0 Å². The second-order valence-electron chi connectivity index (χ2n) is 5.80. The van der Waals surface area contributed by atoms with E-state index >= 15 is 0 Å². The van der Waals surface area contributed by atoms with Gasteiger partial charge in [0.05, 0.1) is 40.4 Å². The van der Waals surface area contributed by atoms with Crippen LogP contribution in [0.5, 0.6) is 0 Å². The number of nitrogens with zero attached hydrogens (tertiary/aromatic N) is 3. The molecule has 3 rings (SSSR count). The number of non-ortho nitro benzene ring substituents is 1. The summed E-state index contributed by atoms with van der Waals surface area (Å²) in [5.41, 5.74) is -1.28. The summed E-state index contributed by atoms with van der Waals surface area (Å²) in [5, 5.41) is 21.1. The Morgan fingerprint density at radius 2 is 1.85 bits per heavy atom. The quantitative estimate of drug-likeness (QED) is 0.555. The second kappa shape index (κ2) is 6.80. The highest BCUT2D eigenvalue weighted by molar-refractivity contribution is 5.79. The summed E-state index contributed by atoms with van der Waals surface area (Å²) in [6.07, 6.45) is -4.58. The zero-order valence-corrected chi connectivity index (χ0v) is 13.6. The highest BCUT2D eigenvalue weighted by Crippen LogP contribution is 2.30. The van der Waals surface area contributed by atoms with E-state index in [1.54, 1.807) is 0 Å². The number of alkyl halides is 3. The Hall–Kier alpha value is -3.27. The first-order chi connectivity index (χ1) is 12.7. The fraction of sp³-hybridized carbons (Fsp3) is 0.176. The maximum absolute atomic E-state index is 12.6. The van der Waals surface area contributed by atoms with E-state index in [1.165, 1.54) is 18.5 Å². The van der Waals surface area contributed by atoms with Gasteiger partial charge in [-0.2, -0.15) is 13.2 Å². The molecule has 1 heterocycles. The Morgan fingerprint density at radius 1 is 1.19 bits per heavy atom. The van der Waals surface area contributed by atoms with Crippen LogP contribution in [0.4, 0.5) is 18.9 Å². The van der Waals surface area contributed by atoms with E-state index < -0.39 is 28.3 Å². The van der Waals surface area contributed by atoms with Crippen LogP contribution in [-0.4, -0.2) is 19.6 Å². The first-order valence-electron chi connectivity index (χ1n) is 7.65. The SMILES string of the molecule is O=c1c2cc([N+](=O)[O-])ccc2ncn1CC(O)c1ccc(C(F)(F)F)cc1. The van der Waals surface area contributed by atoms with Gasteiger partial charge in [0.1, 0.15) is 0 Å². The van der Waals surface area contributed by atoms with Gasteiger partial charge in [-0.25, -0.2) is 4.98 Å². The molecule has 1 atom stereocenters. The van der Waals surface area contributed by atoms with Gasteiger partial charge in [0.15, 0.2) is 0 Å². The molecule has 0 aliphatic rings. The lowest BCUT2D eigenvalue weighted by atomic mass is 10.1. The molecule has 0 radical (unpaired) electrons. The molecule has 1 unspecified atom stereocenters. The molecule has 0 fully saturated rings. The molecule has 1 N–H and O–H groups in total. The van der Waals surface area contributed by atoms with E-state index in [0.29, 0.717) is 0 Å². The third-order valence-corrected chi connectivity index (χ3v) is 4.01. The zero-order chi connectivity index (χ0) is 19.8. The van der Waals surface area contributed by atoms with Crippen molar-refractivity contribution < 1.29 is 23.2 Å². The number of fused-ring (bicyclic) bond motifs is 1. The second-order valence-corrected chi connectivity index (χ2v) is 5.80. The number of hydrogen-bond acceptors (Lipinski definition) is 5. The number of aliphatic hydroxyl groups is 1. The number of halogens is 3. The van der Waals surface area contributed by atoms with Gasteiger partial charge >= 0.3 is 6.18 Å². The van der Waals surface area contributed by atoms with E-state index in [9.17, 15) is 33.2 Å². The summed E-state index contributed by atoms with van der Waals surface area (Å²) >= 11 is 0. The minimum atomic E-state index is -4.49. The Morgan fingerprint density at radius 3 is 2.44 bits per heavy atom. The maximum Gasteiger partial charge on any atom is 0.416 e. The molecule has 3 aromatic rings. The van der Waals surface area contributed by atoms with E-state index in [-0.39, 0.29) is 28.7 Å². The van der Waals surface area contributed by atoms with Gasteiger partial charge in [0.2, 0.25) is 0 Å². The Balaban J connectivity index is 1.90. The summed E-state index contributed by atoms with van der Waals surface area (Å²) < 4.78 is 38.8. The molecule has 0 saturated carbocycles. The highest BCUT2D eigenvalue weighted by atomic mass is 19.4. The minimum Gasteiger partial charge on any atom is -0.387 e. The molecule has 0 bridgehead atoms. The lowest BCUT2D eigenvalue weighted by molar-refractivity contribution is -0.384. The van der Waals surface area contributed by atoms with Crippen LogP contribution >= 0.6 is 0 Å². The van der Waals surface area contributed by atoms with Crippen molar-refractivity contribution >= 4 is 16.6 Å². The van der Waals surface area contributed by atoms with Crippen LogP contribution in [0.25, 0.3) is 10.9 Å². The van der Waals surface area contributed by atoms with Crippen molar-refractivity contribution in [2.75, 3.05) is 0 Å². The summed E-state index contributed by atoms with van der Waals surface area (Å²) in [4.78, 5) is 26.7.